The van der Waals surface area contributed by atoms with E-state index in [1.165, 1.54) is 0 Å². The van der Waals surface area contributed by atoms with E-state index in [0.29, 0.717) is 0 Å². The van der Waals surface area contributed by atoms with E-state index in [1.807, 2.05) is 24.3 Å². The lowest BCUT2D eigenvalue weighted by Crippen LogP contribution is -1.94. The minimum Gasteiger partial charge on any atom is -0.494 e. The number of rotatable bonds is 3. The Labute approximate surface area is 68.0 Å². The predicted octanol–water partition coefficient (Wildman–Crippen LogP) is 2.53. The second-order valence-electron chi connectivity index (χ2n) is 2.42. The van der Waals surface area contributed by atoms with E-state index in [1.54, 1.807) is 0 Å². The Bertz CT molecular complexity index is 218. The maximum Gasteiger partial charge on any atom is 0.119 e. The highest BCUT2D eigenvalue weighted by Crippen LogP contribution is 2.11. The first-order valence-electron chi connectivity index (χ1n) is 3.81. The summed E-state index contributed by atoms with van der Waals surface area (Å²) in [6.07, 6.45) is 1.02. The molecule has 58 valence electrons. The molecule has 1 rings (SSSR count). The zero-order valence-electron chi connectivity index (χ0n) is 6.71. The fourth-order valence-electron chi connectivity index (χ4n) is 0.824. The van der Waals surface area contributed by atoms with Crippen LogP contribution in [0.5, 0.6) is 5.75 Å². The highest BCUT2D eigenvalue weighted by atomic mass is 16.5. The molecule has 0 spiro atoms. The summed E-state index contributed by atoms with van der Waals surface area (Å²) in [6, 6.07) is 7.47. The highest BCUT2D eigenvalue weighted by Gasteiger charge is 1.90. The lowest BCUT2D eigenvalue weighted by molar-refractivity contribution is 0.317. The monoisotopic (exact) mass is 148 g/mol. The lowest BCUT2D eigenvalue weighted by Gasteiger charge is -2.03. The van der Waals surface area contributed by atoms with Crippen molar-refractivity contribution in [2.24, 2.45) is 0 Å². The molecule has 0 atom stereocenters. The first-order chi connectivity index (χ1) is 5.33. The van der Waals surface area contributed by atoms with Crippen molar-refractivity contribution in [2.75, 3.05) is 6.61 Å². The minimum atomic E-state index is 0.749. The molecule has 0 aliphatic rings. The molecule has 1 aromatic rings. The summed E-state index contributed by atoms with van der Waals surface area (Å²) in [6.45, 7) is 8.38. The predicted molar refractivity (Wildman–Crippen MR) is 45.6 cm³/mol. The Balaban J connectivity index is 2.56. The zero-order valence-corrected chi connectivity index (χ0v) is 6.71. The molecule has 1 nitrogen and oxygen atoms in total. The fraction of sp³-hybridized carbons (Fsp3) is 0.300. The van der Waals surface area contributed by atoms with Crippen LogP contribution < -0.4 is 4.74 Å². The topological polar surface area (TPSA) is 9.23 Å². The third-order valence-electron chi connectivity index (χ3n) is 1.33. The molecule has 0 aliphatic carbocycles. The molecular weight excluding hydrogens is 136 g/mol. The Morgan fingerprint density at radius 2 is 2.27 bits per heavy atom. The Hall–Kier alpha value is -0.980. The van der Waals surface area contributed by atoms with E-state index < -0.39 is 0 Å². The smallest absolute Gasteiger partial charge is 0.119 e. The van der Waals surface area contributed by atoms with Crippen molar-refractivity contribution in [3.63, 3.8) is 0 Å². The van der Waals surface area contributed by atoms with E-state index in [0.717, 1.165) is 24.3 Å². The molecule has 0 aliphatic heterocycles. The fourth-order valence-corrected chi connectivity index (χ4v) is 0.824. The van der Waals surface area contributed by atoms with E-state index in [-0.39, 0.29) is 0 Å². The average molecular weight is 148 g/mol. The summed E-state index contributed by atoms with van der Waals surface area (Å²) >= 11 is 0. The van der Waals surface area contributed by atoms with Crippen molar-refractivity contribution in [3.8, 4) is 5.75 Å². The summed E-state index contributed by atoms with van der Waals surface area (Å²) in [5.41, 5.74) is 0.749. The summed E-state index contributed by atoms with van der Waals surface area (Å²) in [5, 5.41) is 0. The largest absolute Gasteiger partial charge is 0.494 e. The van der Waals surface area contributed by atoms with Gasteiger partial charge in [0.15, 0.2) is 0 Å². The van der Waals surface area contributed by atoms with Crippen LogP contribution in [0.15, 0.2) is 24.3 Å². The van der Waals surface area contributed by atoms with Gasteiger partial charge in [0.2, 0.25) is 0 Å². The minimum absolute atomic E-state index is 0.749. The Kier molecular flexibility index (Phi) is 2.96. The van der Waals surface area contributed by atoms with Gasteiger partial charge in [0, 0.05) is 0 Å². The van der Waals surface area contributed by atoms with Gasteiger partial charge in [0.1, 0.15) is 5.75 Å². The van der Waals surface area contributed by atoms with Crippen molar-refractivity contribution in [2.45, 2.75) is 13.3 Å². The summed E-state index contributed by atoms with van der Waals surface area (Å²) < 4.78 is 5.36. The first-order valence-corrected chi connectivity index (χ1v) is 3.81. The quantitative estimate of drug-likeness (QED) is 0.640. The van der Waals surface area contributed by atoms with Crippen LogP contribution in [0.3, 0.4) is 0 Å². The maximum atomic E-state index is 5.55. The molecule has 2 radical (unpaired) electrons. The normalized spacial score (nSPS) is 9.64. The molecule has 0 bridgehead atoms. The van der Waals surface area contributed by atoms with Gasteiger partial charge in [-0.1, -0.05) is 19.1 Å². The first kappa shape index (κ1) is 8.12. The maximum absolute atomic E-state index is 5.55. The zero-order chi connectivity index (χ0) is 8.10. The molecule has 0 amide bonds. The Morgan fingerprint density at radius 1 is 1.45 bits per heavy atom. The van der Waals surface area contributed by atoms with Crippen LogP contribution in [-0.2, 0) is 0 Å². The molecule has 0 heterocycles. The van der Waals surface area contributed by atoms with Crippen LogP contribution in [-0.4, -0.2) is 6.61 Å². The van der Waals surface area contributed by atoms with Crippen LogP contribution in [0.1, 0.15) is 18.9 Å². The van der Waals surface area contributed by atoms with Gasteiger partial charge < -0.3 is 4.74 Å². The molecule has 11 heavy (non-hydrogen) atoms. The molecule has 0 unspecified atom stereocenters. The molecule has 0 aromatic heterocycles. The van der Waals surface area contributed by atoms with E-state index in [2.05, 4.69) is 6.92 Å². The van der Waals surface area contributed by atoms with Crippen LogP contribution in [0.25, 0.3) is 0 Å². The van der Waals surface area contributed by atoms with Crippen molar-refractivity contribution < 1.29 is 4.74 Å². The van der Waals surface area contributed by atoms with Gasteiger partial charge in [-0.05, 0) is 31.0 Å². The van der Waals surface area contributed by atoms with Gasteiger partial charge in [-0.2, -0.15) is 0 Å². The summed E-state index contributed by atoms with van der Waals surface area (Å²) in [5.74, 6) is 0.854. The number of benzene rings is 1. The van der Waals surface area contributed by atoms with Gasteiger partial charge in [-0.15, -0.1) is 0 Å². The molecule has 0 fully saturated rings. The molecule has 1 heteroatoms. The molecule has 0 N–H and O–H groups in total. The standard InChI is InChI=1S/C10H12O/c1-3-7-11-10-6-4-5-9(2)8-10/h2,4-6,8H,3,7H2,1H3. The molecule has 0 saturated carbocycles. The second-order valence-corrected chi connectivity index (χ2v) is 2.42. The number of ether oxygens (including phenoxy) is 1. The Morgan fingerprint density at radius 3 is 2.91 bits per heavy atom. The van der Waals surface area contributed by atoms with Crippen molar-refractivity contribution in [1.29, 1.82) is 0 Å². The van der Waals surface area contributed by atoms with Gasteiger partial charge in [-0.3, -0.25) is 0 Å². The third-order valence-corrected chi connectivity index (χ3v) is 1.33. The van der Waals surface area contributed by atoms with Crippen LogP contribution >= 0.6 is 0 Å². The third kappa shape index (κ3) is 2.62. The molecular formula is C10H12O. The van der Waals surface area contributed by atoms with Gasteiger partial charge >= 0.3 is 0 Å². The SMILES string of the molecule is [CH]c1cccc(OCCC)c1. The van der Waals surface area contributed by atoms with Crippen LogP contribution in [0.4, 0.5) is 0 Å². The van der Waals surface area contributed by atoms with Gasteiger partial charge in [0.05, 0.1) is 6.61 Å². The second kappa shape index (κ2) is 4.02. The van der Waals surface area contributed by atoms with Crippen LogP contribution in [0.2, 0.25) is 0 Å². The highest BCUT2D eigenvalue weighted by molar-refractivity contribution is 5.29. The average Bonchev–Trinajstić information content (AvgIpc) is 2.01. The molecule has 1 aromatic carbocycles. The summed E-state index contributed by atoms with van der Waals surface area (Å²) in [7, 11) is 0. The van der Waals surface area contributed by atoms with E-state index in [9.17, 15) is 0 Å². The number of hydrogen-bond donors (Lipinski definition) is 0. The summed E-state index contributed by atoms with van der Waals surface area (Å²) in [4.78, 5) is 0. The van der Waals surface area contributed by atoms with E-state index >= 15 is 0 Å². The van der Waals surface area contributed by atoms with Crippen molar-refractivity contribution >= 4 is 0 Å². The van der Waals surface area contributed by atoms with Crippen LogP contribution in [0, 0.1) is 6.92 Å². The lowest BCUT2D eigenvalue weighted by atomic mass is 10.2. The van der Waals surface area contributed by atoms with Gasteiger partial charge in [0.25, 0.3) is 0 Å². The van der Waals surface area contributed by atoms with Crippen molar-refractivity contribution in [1.82, 2.24) is 0 Å². The van der Waals surface area contributed by atoms with Crippen molar-refractivity contribution in [3.05, 3.63) is 36.8 Å². The number of hydrogen-bond acceptors (Lipinski definition) is 1. The van der Waals surface area contributed by atoms with Gasteiger partial charge in [-0.25, -0.2) is 0 Å². The molecule has 0 saturated heterocycles. The van der Waals surface area contributed by atoms with E-state index in [4.69, 9.17) is 11.7 Å².